The highest BCUT2D eigenvalue weighted by Gasteiger charge is 2.22. The topological polar surface area (TPSA) is 70.7 Å². The first-order valence-electron chi connectivity index (χ1n) is 7.74. The van der Waals surface area contributed by atoms with Crippen LogP contribution >= 0.6 is 0 Å². The number of hydrogen-bond donors (Lipinski definition) is 2. The minimum atomic E-state index is -0.555. The molecule has 2 rings (SSSR count). The van der Waals surface area contributed by atoms with Gasteiger partial charge in [0.2, 0.25) is 5.91 Å². The number of likely N-dealkylation sites (N-methyl/N-ethyl adjacent to an activating group) is 1. The second-order valence-electron chi connectivity index (χ2n) is 5.48. The van der Waals surface area contributed by atoms with Crippen molar-refractivity contribution < 1.29 is 18.7 Å². The van der Waals surface area contributed by atoms with Gasteiger partial charge in [-0.3, -0.25) is 4.79 Å². The molecule has 1 aliphatic heterocycles. The highest BCUT2D eigenvalue weighted by Crippen LogP contribution is 2.21. The van der Waals surface area contributed by atoms with Crippen molar-refractivity contribution in [1.82, 2.24) is 4.90 Å². The Labute approximate surface area is 135 Å². The highest BCUT2D eigenvalue weighted by molar-refractivity contribution is 5.92. The molecule has 1 atom stereocenters. The third kappa shape index (κ3) is 4.92. The summed E-state index contributed by atoms with van der Waals surface area (Å²) in [5, 5.41) is 5.11. The molecule has 1 heterocycles. The highest BCUT2D eigenvalue weighted by atomic mass is 19.1. The Kier molecular flexibility index (Phi) is 5.92. The zero-order valence-corrected chi connectivity index (χ0v) is 13.4. The molecule has 1 saturated heterocycles. The second-order valence-corrected chi connectivity index (χ2v) is 5.48. The van der Waals surface area contributed by atoms with Crippen LogP contribution in [0.3, 0.4) is 0 Å². The Morgan fingerprint density at radius 2 is 2.17 bits per heavy atom. The van der Waals surface area contributed by atoms with Crippen molar-refractivity contribution in [2.24, 2.45) is 0 Å². The van der Waals surface area contributed by atoms with E-state index in [-0.39, 0.29) is 23.7 Å². The Bertz CT molecular complexity index is 574. The fourth-order valence-corrected chi connectivity index (χ4v) is 2.49. The van der Waals surface area contributed by atoms with Crippen molar-refractivity contribution in [2.75, 3.05) is 30.3 Å². The normalized spacial score (nSPS) is 16.9. The van der Waals surface area contributed by atoms with Gasteiger partial charge in [-0.2, -0.15) is 0 Å². The molecule has 0 aromatic heterocycles. The first-order chi connectivity index (χ1) is 11.0. The Balaban J connectivity index is 2.03. The van der Waals surface area contributed by atoms with Crippen LogP contribution in [-0.4, -0.2) is 42.6 Å². The van der Waals surface area contributed by atoms with Crippen LogP contribution in [0.1, 0.15) is 26.7 Å². The molecule has 3 amide bonds. The molecule has 0 aliphatic carbocycles. The molecule has 0 unspecified atom stereocenters. The van der Waals surface area contributed by atoms with E-state index >= 15 is 0 Å². The number of benzene rings is 1. The monoisotopic (exact) mass is 323 g/mol. The predicted octanol–water partition coefficient (Wildman–Crippen LogP) is 2.82. The minimum absolute atomic E-state index is 0.0343. The summed E-state index contributed by atoms with van der Waals surface area (Å²) >= 11 is 0. The zero-order chi connectivity index (χ0) is 16.8. The number of rotatable bonds is 5. The number of hydrogen-bond acceptors (Lipinski definition) is 3. The van der Waals surface area contributed by atoms with Crippen LogP contribution in [0.2, 0.25) is 0 Å². The van der Waals surface area contributed by atoms with Gasteiger partial charge in [0.25, 0.3) is 0 Å². The summed E-state index contributed by atoms with van der Waals surface area (Å²) in [6.07, 6.45) is 1.96. The SMILES string of the molecule is CCN(C[C@@H]1CCCO1)C(=O)Nc1cc(NC(C)=O)ccc1F. The summed E-state index contributed by atoms with van der Waals surface area (Å²) in [5.74, 6) is -0.817. The van der Waals surface area contributed by atoms with Gasteiger partial charge in [-0.15, -0.1) is 0 Å². The largest absolute Gasteiger partial charge is 0.376 e. The Hall–Kier alpha value is -2.15. The summed E-state index contributed by atoms with van der Waals surface area (Å²) < 4.78 is 19.4. The van der Waals surface area contributed by atoms with E-state index in [1.165, 1.54) is 25.1 Å². The van der Waals surface area contributed by atoms with E-state index in [1.807, 2.05) is 6.92 Å². The molecule has 126 valence electrons. The van der Waals surface area contributed by atoms with Gasteiger partial charge >= 0.3 is 6.03 Å². The van der Waals surface area contributed by atoms with Crippen molar-refractivity contribution in [2.45, 2.75) is 32.8 Å². The molecule has 2 N–H and O–H groups in total. The average molecular weight is 323 g/mol. The number of nitrogens with zero attached hydrogens (tertiary/aromatic N) is 1. The average Bonchev–Trinajstić information content (AvgIpc) is 3.00. The maximum atomic E-state index is 13.9. The zero-order valence-electron chi connectivity index (χ0n) is 13.4. The molecule has 0 radical (unpaired) electrons. The van der Waals surface area contributed by atoms with Crippen molar-refractivity contribution in [3.63, 3.8) is 0 Å². The van der Waals surface area contributed by atoms with Gasteiger partial charge in [-0.05, 0) is 38.0 Å². The van der Waals surface area contributed by atoms with Gasteiger partial charge in [0.15, 0.2) is 0 Å². The van der Waals surface area contributed by atoms with E-state index in [0.717, 1.165) is 19.4 Å². The lowest BCUT2D eigenvalue weighted by Gasteiger charge is -2.24. The lowest BCUT2D eigenvalue weighted by Crippen LogP contribution is -2.40. The lowest BCUT2D eigenvalue weighted by atomic mass is 10.2. The van der Waals surface area contributed by atoms with E-state index < -0.39 is 5.82 Å². The third-order valence-corrected chi connectivity index (χ3v) is 3.65. The van der Waals surface area contributed by atoms with Crippen LogP contribution < -0.4 is 10.6 Å². The number of ether oxygens (including phenoxy) is 1. The molecule has 0 spiro atoms. The van der Waals surface area contributed by atoms with Gasteiger partial charge in [-0.1, -0.05) is 0 Å². The Morgan fingerprint density at radius 1 is 1.39 bits per heavy atom. The number of urea groups is 1. The van der Waals surface area contributed by atoms with E-state index in [2.05, 4.69) is 10.6 Å². The van der Waals surface area contributed by atoms with Crippen LogP contribution in [0.15, 0.2) is 18.2 Å². The van der Waals surface area contributed by atoms with Crippen molar-refractivity contribution >= 4 is 23.3 Å². The minimum Gasteiger partial charge on any atom is -0.376 e. The molecule has 1 fully saturated rings. The van der Waals surface area contributed by atoms with Crippen molar-refractivity contribution in [3.05, 3.63) is 24.0 Å². The van der Waals surface area contributed by atoms with Crippen LogP contribution in [0.4, 0.5) is 20.6 Å². The summed E-state index contributed by atoms with van der Waals surface area (Å²) in [6, 6.07) is 3.66. The number of anilines is 2. The van der Waals surface area contributed by atoms with Gasteiger partial charge in [0.05, 0.1) is 11.8 Å². The maximum absolute atomic E-state index is 13.9. The first-order valence-corrected chi connectivity index (χ1v) is 7.74. The standard InChI is InChI=1S/C16H22FN3O3/c1-3-20(10-13-5-4-8-23-13)16(22)19-15-9-12(18-11(2)21)6-7-14(15)17/h6-7,9,13H,3-5,8,10H2,1-2H3,(H,18,21)(H,19,22)/t13-/m0/s1. The Morgan fingerprint density at radius 3 is 2.78 bits per heavy atom. The van der Waals surface area contributed by atoms with Crippen LogP contribution in [0, 0.1) is 5.82 Å². The smallest absolute Gasteiger partial charge is 0.322 e. The van der Waals surface area contributed by atoms with Gasteiger partial charge in [-0.25, -0.2) is 9.18 Å². The predicted molar refractivity (Wildman–Crippen MR) is 85.9 cm³/mol. The molecular weight excluding hydrogens is 301 g/mol. The van der Waals surface area contributed by atoms with E-state index in [0.29, 0.717) is 18.8 Å². The third-order valence-electron chi connectivity index (χ3n) is 3.65. The maximum Gasteiger partial charge on any atom is 0.322 e. The van der Waals surface area contributed by atoms with Crippen LogP contribution in [0.5, 0.6) is 0 Å². The summed E-state index contributed by atoms with van der Waals surface area (Å²) in [6.45, 7) is 4.92. The van der Waals surface area contributed by atoms with Crippen LogP contribution in [0.25, 0.3) is 0 Å². The molecular formula is C16H22FN3O3. The molecule has 23 heavy (non-hydrogen) atoms. The fraction of sp³-hybridized carbons (Fsp3) is 0.500. The van der Waals surface area contributed by atoms with E-state index in [4.69, 9.17) is 4.74 Å². The number of amides is 3. The number of carbonyl (C=O) groups is 2. The molecule has 1 aromatic rings. The fourth-order valence-electron chi connectivity index (χ4n) is 2.49. The van der Waals surface area contributed by atoms with Gasteiger partial charge < -0.3 is 20.3 Å². The second kappa shape index (κ2) is 7.92. The number of halogens is 1. The molecule has 6 nitrogen and oxygen atoms in total. The number of carbonyl (C=O) groups excluding carboxylic acids is 2. The van der Waals surface area contributed by atoms with Gasteiger partial charge in [0.1, 0.15) is 5.82 Å². The molecule has 7 heteroatoms. The molecule has 0 saturated carbocycles. The first kappa shape index (κ1) is 17.2. The molecule has 0 bridgehead atoms. The number of nitrogens with one attached hydrogen (secondary N) is 2. The summed E-state index contributed by atoms with van der Waals surface area (Å²) in [7, 11) is 0. The quantitative estimate of drug-likeness (QED) is 0.875. The van der Waals surface area contributed by atoms with Crippen LogP contribution in [-0.2, 0) is 9.53 Å². The van der Waals surface area contributed by atoms with Crippen molar-refractivity contribution in [1.29, 1.82) is 0 Å². The van der Waals surface area contributed by atoms with Gasteiger partial charge in [0, 0.05) is 32.3 Å². The molecule has 1 aromatic carbocycles. The van der Waals surface area contributed by atoms with E-state index in [9.17, 15) is 14.0 Å². The summed E-state index contributed by atoms with van der Waals surface area (Å²) in [5.41, 5.74) is 0.461. The van der Waals surface area contributed by atoms with E-state index in [1.54, 1.807) is 4.90 Å². The summed E-state index contributed by atoms with van der Waals surface area (Å²) in [4.78, 5) is 25.0. The molecule has 1 aliphatic rings. The van der Waals surface area contributed by atoms with Crippen molar-refractivity contribution in [3.8, 4) is 0 Å². The lowest BCUT2D eigenvalue weighted by molar-refractivity contribution is -0.114.